The molecule has 9 aromatic rings. The molecule has 9 rings (SSSR count). The number of nitrogens with zero attached hydrogens (tertiary/aromatic N) is 2. The van der Waals surface area contributed by atoms with Crippen LogP contribution in [0.2, 0.25) is 0 Å². The first-order chi connectivity index (χ1) is 30.9. The van der Waals surface area contributed by atoms with Gasteiger partial charge in [0.05, 0.1) is 0 Å². The first kappa shape index (κ1) is 47.9. The Morgan fingerprint density at radius 1 is 0.250 bits per heavy atom. The van der Waals surface area contributed by atoms with Gasteiger partial charge in [-0.25, -0.2) is 0 Å². The first-order valence-electron chi connectivity index (χ1n) is 22.1. The number of hydrogen-bond donors (Lipinski definition) is 0. The van der Waals surface area contributed by atoms with E-state index >= 15 is 0 Å². The lowest BCUT2D eigenvalue weighted by Crippen LogP contribution is -1.88. The van der Waals surface area contributed by atoms with Gasteiger partial charge in [-0.2, -0.15) is 0 Å². The van der Waals surface area contributed by atoms with Gasteiger partial charge in [-0.15, -0.1) is 0 Å². The molecule has 0 amide bonds. The quantitative estimate of drug-likeness (QED) is 0.176. The highest BCUT2D eigenvalue weighted by Gasteiger charge is 2.04. The van der Waals surface area contributed by atoms with Crippen LogP contribution in [-0.2, 0) is 0 Å². The van der Waals surface area contributed by atoms with Crippen LogP contribution in [0.3, 0.4) is 0 Å². The number of aryl methyl sites for hydroxylation is 10. The molecule has 0 N–H and O–H groups in total. The van der Waals surface area contributed by atoms with Crippen molar-refractivity contribution in [2.45, 2.75) is 69.2 Å². The van der Waals surface area contributed by atoms with Crippen LogP contribution in [0.25, 0.3) is 44.5 Å². The van der Waals surface area contributed by atoms with Crippen LogP contribution in [0.5, 0.6) is 0 Å². The summed E-state index contributed by atoms with van der Waals surface area (Å²) in [4.78, 5) is 8.62. The van der Waals surface area contributed by atoms with Gasteiger partial charge < -0.3 is 0 Å². The first-order valence-corrected chi connectivity index (χ1v) is 22.1. The lowest BCUT2D eigenvalue weighted by Gasteiger charge is -2.06. The summed E-state index contributed by atoms with van der Waals surface area (Å²) in [5.41, 5.74) is 22.8. The fraction of sp³-hybridized carbons (Fsp3) is 0.161. The highest BCUT2D eigenvalue weighted by atomic mass is 14.7. The molecule has 0 bridgehead atoms. The lowest BCUT2D eigenvalue weighted by molar-refractivity contribution is 1.17. The molecular formula is C62H64N2. The summed E-state index contributed by atoms with van der Waals surface area (Å²) in [6, 6.07) is 67.7. The van der Waals surface area contributed by atoms with Gasteiger partial charge in [0.15, 0.2) is 0 Å². The fourth-order valence-corrected chi connectivity index (χ4v) is 7.20. The van der Waals surface area contributed by atoms with Gasteiger partial charge in [0.2, 0.25) is 0 Å². The molecule has 2 nitrogen and oxygen atoms in total. The number of hydrogen-bond acceptors (Lipinski definition) is 2. The normalized spacial score (nSPS) is 10.0. The zero-order chi connectivity index (χ0) is 45.8. The molecule has 0 aliphatic heterocycles. The van der Waals surface area contributed by atoms with E-state index < -0.39 is 0 Å². The Bertz CT molecular complexity index is 2540. The molecule has 0 radical (unpaired) electrons. The number of rotatable bonds is 4. The highest BCUT2D eigenvalue weighted by molar-refractivity contribution is 5.69. The Morgan fingerprint density at radius 2 is 0.672 bits per heavy atom. The van der Waals surface area contributed by atoms with Crippen molar-refractivity contribution in [2.24, 2.45) is 0 Å². The topological polar surface area (TPSA) is 25.8 Å². The monoisotopic (exact) mass is 837 g/mol. The van der Waals surface area contributed by atoms with E-state index in [1.54, 1.807) is 0 Å². The molecule has 322 valence electrons. The molecule has 2 aromatic heterocycles. The van der Waals surface area contributed by atoms with Crippen molar-refractivity contribution < 1.29 is 0 Å². The van der Waals surface area contributed by atoms with Crippen molar-refractivity contribution in [1.29, 1.82) is 0 Å². The van der Waals surface area contributed by atoms with Gasteiger partial charge in [0, 0.05) is 29.3 Å². The molecule has 7 aromatic carbocycles. The molecule has 0 fully saturated rings. The van der Waals surface area contributed by atoms with Crippen molar-refractivity contribution in [3.8, 4) is 44.5 Å². The molecule has 2 heterocycles. The summed E-state index contributed by atoms with van der Waals surface area (Å²) in [5, 5.41) is 0. The largest absolute Gasteiger partial charge is 0.261 e. The van der Waals surface area contributed by atoms with E-state index in [0.29, 0.717) is 0 Å². The summed E-state index contributed by atoms with van der Waals surface area (Å²) in [6.07, 6.45) is 3.83. The van der Waals surface area contributed by atoms with Crippen LogP contribution in [0, 0.1) is 69.2 Å². The molecule has 0 aliphatic rings. The van der Waals surface area contributed by atoms with Crippen molar-refractivity contribution in [2.75, 3.05) is 0 Å². The average molecular weight is 837 g/mol. The van der Waals surface area contributed by atoms with Gasteiger partial charge >= 0.3 is 0 Å². The van der Waals surface area contributed by atoms with Crippen LogP contribution in [0.4, 0.5) is 0 Å². The minimum atomic E-state index is 1.06. The zero-order valence-corrected chi connectivity index (χ0v) is 39.5. The smallest absolute Gasteiger partial charge is 0.0451 e. The van der Waals surface area contributed by atoms with Crippen LogP contribution < -0.4 is 0 Å². The van der Waals surface area contributed by atoms with Crippen LogP contribution in [0.1, 0.15) is 55.9 Å². The second kappa shape index (κ2) is 24.5. The maximum atomic E-state index is 4.36. The van der Waals surface area contributed by atoms with Gasteiger partial charge in [-0.1, -0.05) is 199 Å². The van der Waals surface area contributed by atoms with E-state index in [-0.39, 0.29) is 0 Å². The van der Waals surface area contributed by atoms with Gasteiger partial charge in [0.1, 0.15) is 0 Å². The molecule has 0 saturated heterocycles. The molecule has 0 atom stereocenters. The van der Waals surface area contributed by atoms with E-state index in [9.17, 15) is 0 Å². The van der Waals surface area contributed by atoms with Gasteiger partial charge in [-0.05, 0) is 148 Å². The maximum absolute atomic E-state index is 4.36. The minimum absolute atomic E-state index is 1.06. The molecule has 0 unspecified atom stereocenters. The van der Waals surface area contributed by atoms with E-state index in [0.717, 1.165) is 11.4 Å². The van der Waals surface area contributed by atoms with Gasteiger partial charge in [-0.3, -0.25) is 9.97 Å². The predicted molar refractivity (Wildman–Crippen MR) is 277 cm³/mol. The van der Waals surface area contributed by atoms with Crippen molar-refractivity contribution in [3.05, 3.63) is 262 Å². The van der Waals surface area contributed by atoms with Crippen LogP contribution >= 0.6 is 0 Å². The second-order valence-corrected chi connectivity index (χ2v) is 16.5. The van der Waals surface area contributed by atoms with Crippen LogP contribution in [0.15, 0.2) is 207 Å². The Morgan fingerprint density at radius 3 is 1.16 bits per heavy atom. The average Bonchev–Trinajstić information content (AvgIpc) is 3.31. The fourth-order valence-electron chi connectivity index (χ4n) is 7.20. The van der Waals surface area contributed by atoms with Crippen molar-refractivity contribution >= 4 is 0 Å². The SMILES string of the molecule is Cc1cc(-c2ccccc2)c(C)cn1.Cc1cc(C)cc(-c2ccccc2)c1.Cc1ccc(C)c(-c2ccccc2)c1.Cc1ccccc1C.Cc1cnc(C)c(-c2ccccc2)c1. The summed E-state index contributed by atoms with van der Waals surface area (Å²) in [7, 11) is 0. The lowest BCUT2D eigenvalue weighted by atomic mass is 9.99. The third-order valence-corrected chi connectivity index (χ3v) is 10.9. The minimum Gasteiger partial charge on any atom is -0.261 e. The van der Waals surface area contributed by atoms with Crippen molar-refractivity contribution in [3.63, 3.8) is 0 Å². The van der Waals surface area contributed by atoms with Crippen molar-refractivity contribution in [1.82, 2.24) is 9.97 Å². The van der Waals surface area contributed by atoms with E-state index in [1.165, 1.54) is 89.0 Å². The number of aromatic nitrogens is 2. The molecule has 64 heavy (non-hydrogen) atoms. The van der Waals surface area contributed by atoms with E-state index in [1.807, 2.05) is 44.4 Å². The summed E-state index contributed by atoms with van der Waals surface area (Å²) >= 11 is 0. The summed E-state index contributed by atoms with van der Waals surface area (Å²) < 4.78 is 0. The highest BCUT2D eigenvalue weighted by Crippen LogP contribution is 2.26. The number of pyridine rings is 2. The summed E-state index contributed by atoms with van der Waals surface area (Å²) in [5.74, 6) is 0. The Balaban J connectivity index is 0.000000152. The molecular weight excluding hydrogens is 773 g/mol. The second-order valence-electron chi connectivity index (χ2n) is 16.5. The Kier molecular flexibility index (Phi) is 18.3. The summed E-state index contributed by atoms with van der Waals surface area (Å²) in [6.45, 7) is 21.0. The number of benzene rings is 7. The van der Waals surface area contributed by atoms with Crippen LogP contribution in [-0.4, -0.2) is 9.97 Å². The van der Waals surface area contributed by atoms with Gasteiger partial charge in [0.25, 0.3) is 0 Å². The van der Waals surface area contributed by atoms with E-state index in [2.05, 4.69) is 241 Å². The Hall–Kier alpha value is -7.16. The molecule has 0 spiro atoms. The maximum Gasteiger partial charge on any atom is 0.0451 e. The van der Waals surface area contributed by atoms with E-state index in [4.69, 9.17) is 0 Å². The standard InChI is InChI=1S/2C14H14.2C13H13N.C8H10/c1-11-8-12(2)10-14(9-11)13-6-4-3-5-7-13;1-11-8-9-12(2)14(10-11)13-6-4-3-5-7-13;1-10-9-14-11(2)8-13(10)12-6-4-3-5-7-12;1-10-8-13(11(2)14-9-10)12-6-4-3-5-7-12;1-7-5-3-4-6-8(7)2/h2*3-10H,1-2H3;2*3-9H,1-2H3;3-6H,1-2H3. The Labute approximate surface area is 384 Å². The third kappa shape index (κ3) is 15.0. The molecule has 2 heteroatoms. The third-order valence-electron chi connectivity index (χ3n) is 10.9. The molecule has 0 saturated carbocycles. The zero-order valence-electron chi connectivity index (χ0n) is 39.5. The predicted octanol–water partition coefficient (Wildman–Crippen LogP) is 17.0. The molecule has 0 aliphatic carbocycles.